The van der Waals surface area contributed by atoms with E-state index in [1.165, 1.54) is 15.8 Å². The van der Waals surface area contributed by atoms with E-state index < -0.39 is 17.5 Å². The Hall–Kier alpha value is -4.09. The lowest BCUT2D eigenvalue weighted by Gasteiger charge is -2.31. The lowest BCUT2D eigenvalue weighted by atomic mass is 9.94. The van der Waals surface area contributed by atoms with E-state index in [0.29, 0.717) is 43.6 Å². The third kappa shape index (κ3) is 3.23. The first-order valence-corrected chi connectivity index (χ1v) is 11.7. The molecule has 4 aliphatic heterocycles. The van der Waals surface area contributed by atoms with Gasteiger partial charge in [-0.1, -0.05) is 11.3 Å². The first-order chi connectivity index (χ1) is 16.9. The number of nitrogens with zero attached hydrogens (tertiary/aromatic N) is 5. The third-order valence-electron chi connectivity index (χ3n) is 7.47. The fourth-order valence-electron chi connectivity index (χ4n) is 5.64. The SMILES string of the molecule is O=C1CCC(N2Cc3ccc(-n4cc(C(=O)N5CCCC56CCNC6=O)nn4)cc3C2=O)C(=O)N1. The lowest BCUT2D eigenvalue weighted by molar-refractivity contribution is -0.137. The number of piperidine rings is 1. The fourth-order valence-corrected chi connectivity index (χ4v) is 5.64. The number of hydrogen-bond acceptors (Lipinski definition) is 7. The zero-order valence-electron chi connectivity index (χ0n) is 18.8. The summed E-state index contributed by atoms with van der Waals surface area (Å²) in [6.45, 7) is 1.32. The highest BCUT2D eigenvalue weighted by Gasteiger charge is 2.52. The summed E-state index contributed by atoms with van der Waals surface area (Å²) in [5.74, 6) is -1.54. The predicted molar refractivity (Wildman–Crippen MR) is 118 cm³/mol. The Morgan fingerprint density at radius 1 is 1.14 bits per heavy atom. The molecule has 35 heavy (non-hydrogen) atoms. The number of amides is 5. The highest BCUT2D eigenvalue weighted by Crippen LogP contribution is 2.36. The topological polar surface area (TPSA) is 147 Å². The Morgan fingerprint density at radius 3 is 2.77 bits per heavy atom. The molecule has 180 valence electrons. The average molecular weight is 477 g/mol. The average Bonchev–Trinajstić information content (AvgIpc) is 3.62. The maximum absolute atomic E-state index is 13.2. The van der Waals surface area contributed by atoms with Crippen LogP contribution in [0.2, 0.25) is 0 Å². The van der Waals surface area contributed by atoms with Crippen LogP contribution >= 0.6 is 0 Å². The third-order valence-corrected chi connectivity index (χ3v) is 7.47. The minimum absolute atomic E-state index is 0.117. The Kier molecular flexibility index (Phi) is 4.73. The van der Waals surface area contributed by atoms with Gasteiger partial charge in [-0.25, -0.2) is 4.68 Å². The number of benzene rings is 1. The van der Waals surface area contributed by atoms with Crippen molar-refractivity contribution in [2.45, 2.75) is 50.2 Å². The van der Waals surface area contributed by atoms with E-state index in [4.69, 9.17) is 0 Å². The molecular formula is C23H23N7O5. The van der Waals surface area contributed by atoms with Gasteiger partial charge in [0, 0.05) is 31.6 Å². The lowest BCUT2D eigenvalue weighted by Crippen LogP contribution is -2.52. The van der Waals surface area contributed by atoms with E-state index in [0.717, 1.165) is 12.0 Å². The van der Waals surface area contributed by atoms with E-state index in [2.05, 4.69) is 20.9 Å². The van der Waals surface area contributed by atoms with E-state index in [9.17, 15) is 24.0 Å². The predicted octanol–water partition coefficient (Wildman–Crippen LogP) is -0.477. The molecule has 2 aromatic rings. The number of rotatable bonds is 3. The molecule has 2 unspecified atom stereocenters. The van der Waals surface area contributed by atoms with Gasteiger partial charge in [0.15, 0.2) is 5.69 Å². The van der Waals surface area contributed by atoms with Crippen LogP contribution in [0.1, 0.15) is 58.5 Å². The van der Waals surface area contributed by atoms with Crippen molar-refractivity contribution in [2.75, 3.05) is 13.1 Å². The summed E-state index contributed by atoms with van der Waals surface area (Å²) in [7, 11) is 0. The number of carbonyl (C=O) groups excluding carboxylic acids is 5. The number of imide groups is 1. The second-order valence-corrected chi connectivity index (χ2v) is 9.39. The van der Waals surface area contributed by atoms with E-state index in [-0.39, 0.29) is 42.3 Å². The molecule has 1 aromatic heterocycles. The Labute approximate surface area is 199 Å². The standard InChI is InChI=1S/C23H23N7O5/c31-18-5-4-17(19(32)25-18)28-11-13-2-3-14(10-15(13)20(28)33)30-12-16(26-27-30)21(34)29-9-1-6-23(29)7-8-24-22(23)35/h2-3,10,12,17H,1,4-9,11H2,(H,24,35)(H,25,31,32). The first kappa shape index (κ1) is 21.4. The van der Waals surface area contributed by atoms with Crippen molar-refractivity contribution in [2.24, 2.45) is 0 Å². The first-order valence-electron chi connectivity index (χ1n) is 11.7. The molecule has 0 aliphatic carbocycles. The van der Waals surface area contributed by atoms with E-state index in [1.54, 1.807) is 23.1 Å². The monoisotopic (exact) mass is 477 g/mol. The van der Waals surface area contributed by atoms with Crippen molar-refractivity contribution in [1.29, 1.82) is 0 Å². The zero-order chi connectivity index (χ0) is 24.3. The van der Waals surface area contributed by atoms with Crippen LogP contribution in [0, 0.1) is 0 Å². The molecule has 1 spiro atoms. The minimum Gasteiger partial charge on any atom is -0.354 e. The molecule has 4 aliphatic rings. The molecular weight excluding hydrogens is 454 g/mol. The molecule has 6 rings (SSSR count). The molecule has 3 saturated heterocycles. The van der Waals surface area contributed by atoms with Gasteiger partial charge in [-0.3, -0.25) is 29.3 Å². The summed E-state index contributed by atoms with van der Waals surface area (Å²) in [5, 5.41) is 13.3. The summed E-state index contributed by atoms with van der Waals surface area (Å²) in [6.07, 6.45) is 3.96. The molecule has 12 nitrogen and oxygen atoms in total. The summed E-state index contributed by atoms with van der Waals surface area (Å²) in [4.78, 5) is 65.6. The summed E-state index contributed by atoms with van der Waals surface area (Å²) >= 11 is 0. The van der Waals surface area contributed by atoms with Gasteiger partial charge >= 0.3 is 0 Å². The summed E-state index contributed by atoms with van der Waals surface area (Å²) < 4.78 is 1.42. The minimum atomic E-state index is -0.805. The molecule has 12 heteroatoms. The maximum atomic E-state index is 13.2. The second-order valence-electron chi connectivity index (χ2n) is 9.39. The van der Waals surface area contributed by atoms with Gasteiger partial charge < -0.3 is 15.1 Å². The van der Waals surface area contributed by atoms with Gasteiger partial charge in [0.1, 0.15) is 11.6 Å². The highest BCUT2D eigenvalue weighted by atomic mass is 16.2. The van der Waals surface area contributed by atoms with Crippen LogP contribution in [0.3, 0.4) is 0 Å². The van der Waals surface area contributed by atoms with Gasteiger partial charge in [-0.15, -0.1) is 5.10 Å². The number of carbonyl (C=O) groups is 5. The molecule has 2 atom stereocenters. The van der Waals surface area contributed by atoms with Crippen molar-refractivity contribution >= 4 is 29.5 Å². The van der Waals surface area contributed by atoms with Gasteiger partial charge in [0.2, 0.25) is 17.7 Å². The number of likely N-dealkylation sites (tertiary alicyclic amines) is 1. The van der Waals surface area contributed by atoms with Crippen LogP contribution in [0.25, 0.3) is 5.69 Å². The molecule has 0 saturated carbocycles. The van der Waals surface area contributed by atoms with E-state index in [1.807, 2.05) is 0 Å². The zero-order valence-corrected chi connectivity index (χ0v) is 18.8. The normalized spacial score (nSPS) is 25.9. The Bertz CT molecular complexity index is 1300. The van der Waals surface area contributed by atoms with Gasteiger partial charge in [0.05, 0.1) is 11.9 Å². The van der Waals surface area contributed by atoms with Gasteiger partial charge in [0.25, 0.3) is 11.8 Å². The molecule has 0 bridgehead atoms. The van der Waals surface area contributed by atoms with Crippen LogP contribution in [0.4, 0.5) is 0 Å². The second kappa shape index (κ2) is 7.72. The maximum Gasteiger partial charge on any atom is 0.276 e. The molecule has 2 N–H and O–H groups in total. The van der Waals surface area contributed by atoms with Crippen LogP contribution < -0.4 is 10.6 Å². The summed E-state index contributed by atoms with van der Waals surface area (Å²) in [5.41, 5.74) is 1.08. The molecule has 1 aromatic carbocycles. The Morgan fingerprint density at radius 2 is 2.00 bits per heavy atom. The van der Waals surface area contributed by atoms with Gasteiger partial charge in [-0.05, 0) is 43.4 Å². The van der Waals surface area contributed by atoms with Crippen molar-refractivity contribution in [3.63, 3.8) is 0 Å². The number of hydrogen-bond donors (Lipinski definition) is 2. The molecule has 5 amide bonds. The van der Waals surface area contributed by atoms with Gasteiger partial charge in [-0.2, -0.15) is 0 Å². The fraction of sp³-hybridized carbons (Fsp3) is 0.435. The molecule has 5 heterocycles. The largest absolute Gasteiger partial charge is 0.354 e. The molecule has 3 fully saturated rings. The van der Waals surface area contributed by atoms with Crippen LogP contribution in [-0.4, -0.2) is 79.0 Å². The van der Waals surface area contributed by atoms with E-state index >= 15 is 0 Å². The highest BCUT2D eigenvalue weighted by molar-refractivity contribution is 6.05. The van der Waals surface area contributed by atoms with Crippen LogP contribution in [0.5, 0.6) is 0 Å². The van der Waals surface area contributed by atoms with Crippen LogP contribution in [-0.2, 0) is 20.9 Å². The van der Waals surface area contributed by atoms with Crippen molar-refractivity contribution in [3.8, 4) is 5.69 Å². The molecule has 0 radical (unpaired) electrons. The summed E-state index contributed by atoms with van der Waals surface area (Å²) in [6, 6.07) is 4.53. The number of nitrogens with one attached hydrogen (secondary N) is 2. The van der Waals surface area contributed by atoms with Crippen molar-refractivity contribution in [1.82, 2.24) is 35.4 Å². The smallest absolute Gasteiger partial charge is 0.276 e. The van der Waals surface area contributed by atoms with Crippen molar-refractivity contribution in [3.05, 3.63) is 41.2 Å². The Balaban J connectivity index is 1.23. The van der Waals surface area contributed by atoms with Crippen molar-refractivity contribution < 1.29 is 24.0 Å². The number of aromatic nitrogens is 3. The van der Waals surface area contributed by atoms with Crippen LogP contribution in [0.15, 0.2) is 24.4 Å². The number of fused-ring (bicyclic) bond motifs is 1. The quantitative estimate of drug-likeness (QED) is 0.568.